The molecule has 0 spiro atoms. The van der Waals surface area contributed by atoms with E-state index in [9.17, 15) is 9.59 Å². The Morgan fingerprint density at radius 1 is 0.900 bits per heavy atom. The van der Waals surface area contributed by atoms with Crippen LogP contribution in [0, 0.1) is 11.8 Å². The first-order valence-electron chi connectivity index (χ1n) is 10.4. The lowest BCUT2D eigenvalue weighted by Crippen LogP contribution is -2.46. The molecule has 3 aliphatic heterocycles. The van der Waals surface area contributed by atoms with Crippen LogP contribution in [0.15, 0.2) is 42.5 Å². The Bertz CT molecular complexity index is 968. The third-order valence-corrected chi connectivity index (χ3v) is 6.05. The van der Waals surface area contributed by atoms with E-state index in [0.29, 0.717) is 56.1 Å². The van der Waals surface area contributed by atoms with Crippen molar-refractivity contribution in [1.29, 1.82) is 0 Å². The highest BCUT2D eigenvalue weighted by Crippen LogP contribution is 2.34. The number of benzene rings is 2. The molecule has 30 heavy (non-hydrogen) atoms. The number of nitrogens with zero attached hydrogens (tertiary/aromatic N) is 1. The Morgan fingerprint density at radius 3 is 2.57 bits per heavy atom. The van der Waals surface area contributed by atoms with Crippen LogP contribution in [0.1, 0.15) is 18.4 Å². The van der Waals surface area contributed by atoms with Crippen molar-refractivity contribution in [3.63, 3.8) is 0 Å². The van der Waals surface area contributed by atoms with Gasteiger partial charge >= 0.3 is 0 Å². The molecular formula is C23H24N2O5. The van der Waals surface area contributed by atoms with Crippen molar-refractivity contribution < 1.29 is 23.8 Å². The Labute approximate surface area is 174 Å². The molecule has 156 valence electrons. The minimum absolute atomic E-state index is 0.0177. The van der Waals surface area contributed by atoms with Crippen molar-refractivity contribution in [2.45, 2.75) is 19.3 Å². The highest BCUT2D eigenvalue weighted by atomic mass is 16.7. The van der Waals surface area contributed by atoms with E-state index in [4.69, 9.17) is 14.2 Å². The molecule has 1 saturated heterocycles. The van der Waals surface area contributed by atoms with E-state index in [2.05, 4.69) is 5.32 Å². The predicted octanol–water partition coefficient (Wildman–Crippen LogP) is 2.84. The lowest BCUT2D eigenvalue weighted by atomic mass is 9.92. The highest BCUT2D eigenvalue weighted by Gasteiger charge is 2.33. The number of ether oxygens (including phenoxy) is 3. The number of anilines is 1. The first kappa shape index (κ1) is 18.8. The number of likely N-dealkylation sites (tertiary alicyclic amines) is 1. The summed E-state index contributed by atoms with van der Waals surface area (Å²) in [4.78, 5) is 27.5. The quantitative estimate of drug-likeness (QED) is 0.845. The van der Waals surface area contributed by atoms with Gasteiger partial charge in [0.1, 0.15) is 12.4 Å². The van der Waals surface area contributed by atoms with Gasteiger partial charge in [-0.1, -0.05) is 18.2 Å². The van der Waals surface area contributed by atoms with E-state index in [-0.39, 0.29) is 30.4 Å². The molecule has 1 atom stereocenters. The number of hydrogen-bond donors (Lipinski definition) is 1. The van der Waals surface area contributed by atoms with Crippen molar-refractivity contribution in [2.24, 2.45) is 11.8 Å². The van der Waals surface area contributed by atoms with Crippen LogP contribution in [0.25, 0.3) is 0 Å². The van der Waals surface area contributed by atoms with Gasteiger partial charge in [0.2, 0.25) is 18.6 Å². The molecule has 0 saturated carbocycles. The van der Waals surface area contributed by atoms with Crippen molar-refractivity contribution in [2.75, 3.05) is 31.8 Å². The zero-order chi connectivity index (χ0) is 20.5. The number of piperidine rings is 1. The summed E-state index contributed by atoms with van der Waals surface area (Å²) in [5.41, 5.74) is 1.78. The number of fused-ring (bicyclic) bond motifs is 2. The first-order valence-corrected chi connectivity index (χ1v) is 10.4. The molecule has 3 aliphatic rings. The zero-order valence-electron chi connectivity index (χ0n) is 16.6. The largest absolute Gasteiger partial charge is 0.492 e. The maximum absolute atomic E-state index is 13.0. The second-order valence-corrected chi connectivity index (χ2v) is 7.98. The summed E-state index contributed by atoms with van der Waals surface area (Å²) < 4.78 is 16.4. The van der Waals surface area contributed by atoms with Crippen LogP contribution in [-0.2, 0) is 16.0 Å². The average molecular weight is 408 g/mol. The topological polar surface area (TPSA) is 77.1 Å². The molecular weight excluding hydrogens is 384 g/mol. The summed E-state index contributed by atoms with van der Waals surface area (Å²) in [6.07, 6.45) is 2.03. The minimum Gasteiger partial charge on any atom is -0.492 e. The number of hydrogen-bond acceptors (Lipinski definition) is 5. The molecule has 0 bridgehead atoms. The van der Waals surface area contributed by atoms with Crippen LogP contribution >= 0.6 is 0 Å². The average Bonchev–Trinajstić information content (AvgIpc) is 3.26. The molecule has 7 nitrogen and oxygen atoms in total. The van der Waals surface area contributed by atoms with Crippen molar-refractivity contribution in [3.05, 3.63) is 48.0 Å². The number of carbonyl (C=O) groups is 2. The molecule has 1 fully saturated rings. The number of para-hydroxylation sites is 1. The van der Waals surface area contributed by atoms with Gasteiger partial charge in [-0.05, 0) is 43.0 Å². The molecule has 0 radical (unpaired) electrons. The van der Waals surface area contributed by atoms with Crippen LogP contribution in [0.4, 0.5) is 5.69 Å². The fraction of sp³-hybridized carbons (Fsp3) is 0.391. The van der Waals surface area contributed by atoms with Gasteiger partial charge in [-0.3, -0.25) is 9.59 Å². The standard InChI is InChI=1S/C23H24N2O5/c26-22(24-18-5-6-20-21(12-18)30-14-29-20)15-7-9-25(10-8-15)23(27)17-11-16-3-1-2-4-19(16)28-13-17/h1-6,12,15,17H,7-11,13-14H2,(H,24,26)/t17-/m1/s1. The summed E-state index contributed by atoms with van der Waals surface area (Å²) in [6, 6.07) is 13.3. The highest BCUT2D eigenvalue weighted by molar-refractivity contribution is 5.93. The summed E-state index contributed by atoms with van der Waals surface area (Å²) in [5.74, 6) is 2.05. The molecule has 2 aromatic carbocycles. The van der Waals surface area contributed by atoms with E-state index >= 15 is 0 Å². The summed E-state index contributed by atoms with van der Waals surface area (Å²) in [6.45, 7) is 1.81. The van der Waals surface area contributed by atoms with Gasteiger partial charge in [-0.2, -0.15) is 0 Å². The lowest BCUT2D eigenvalue weighted by Gasteiger charge is -2.35. The lowest BCUT2D eigenvalue weighted by molar-refractivity contribution is -0.139. The summed E-state index contributed by atoms with van der Waals surface area (Å²) in [7, 11) is 0. The molecule has 1 N–H and O–H groups in total. The summed E-state index contributed by atoms with van der Waals surface area (Å²) in [5, 5.41) is 2.96. The van der Waals surface area contributed by atoms with E-state index in [1.54, 1.807) is 12.1 Å². The maximum Gasteiger partial charge on any atom is 0.231 e. The fourth-order valence-electron chi connectivity index (χ4n) is 4.33. The Balaban J connectivity index is 1.14. The van der Waals surface area contributed by atoms with Crippen LogP contribution in [0.2, 0.25) is 0 Å². The second-order valence-electron chi connectivity index (χ2n) is 7.98. The van der Waals surface area contributed by atoms with Gasteiger partial charge in [0, 0.05) is 30.8 Å². The first-order chi connectivity index (χ1) is 14.7. The Morgan fingerprint density at radius 2 is 1.70 bits per heavy atom. The molecule has 3 heterocycles. The van der Waals surface area contributed by atoms with Crippen LogP contribution in [0.5, 0.6) is 17.2 Å². The smallest absolute Gasteiger partial charge is 0.231 e. The number of rotatable bonds is 3. The number of amides is 2. The minimum atomic E-state index is -0.154. The van der Waals surface area contributed by atoms with Gasteiger partial charge in [0.05, 0.1) is 5.92 Å². The molecule has 2 amide bonds. The SMILES string of the molecule is O=C(Nc1ccc2c(c1)OCO2)C1CCN(C(=O)[C@H]2COc3ccccc3C2)CC1. The third kappa shape index (κ3) is 3.67. The molecule has 2 aromatic rings. The van der Waals surface area contributed by atoms with Crippen molar-refractivity contribution in [1.82, 2.24) is 4.90 Å². The molecule has 0 aromatic heterocycles. The van der Waals surface area contributed by atoms with Gasteiger partial charge in [0.15, 0.2) is 11.5 Å². The Hall–Kier alpha value is -3.22. The van der Waals surface area contributed by atoms with Crippen molar-refractivity contribution >= 4 is 17.5 Å². The van der Waals surface area contributed by atoms with Gasteiger partial charge in [0.25, 0.3) is 0 Å². The van der Waals surface area contributed by atoms with Gasteiger partial charge < -0.3 is 24.4 Å². The predicted molar refractivity (Wildman–Crippen MR) is 110 cm³/mol. The molecule has 7 heteroatoms. The molecule has 0 unspecified atom stereocenters. The van der Waals surface area contributed by atoms with E-state index in [1.165, 1.54) is 0 Å². The zero-order valence-corrected chi connectivity index (χ0v) is 16.6. The third-order valence-electron chi connectivity index (χ3n) is 6.05. The normalized spacial score (nSPS) is 20.3. The fourth-order valence-corrected chi connectivity index (χ4v) is 4.33. The van der Waals surface area contributed by atoms with E-state index in [0.717, 1.165) is 11.3 Å². The monoisotopic (exact) mass is 408 g/mol. The number of nitrogens with one attached hydrogen (secondary N) is 1. The van der Waals surface area contributed by atoms with Crippen LogP contribution in [-0.4, -0.2) is 43.2 Å². The van der Waals surface area contributed by atoms with Gasteiger partial charge in [-0.25, -0.2) is 0 Å². The number of carbonyl (C=O) groups excluding carboxylic acids is 2. The van der Waals surface area contributed by atoms with E-state index in [1.807, 2.05) is 35.2 Å². The van der Waals surface area contributed by atoms with Crippen molar-refractivity contribution in [3.8, 4) is 17.2 Å². The molecule has 5 rings (SSSR count). The maximum atomic E-state index is 13.0. The Kier molecular flexibility index (Phi) is 4.94. The molecule has 0 aliphatic carbocycles. The summed E-state index contributed by atoms with van der Waals surface area (Å²) >= 11 is 0. The van der Waals surface area contributed by atoms with E-state index < -0.39 is 0 Å². The van der Waals surface area contributed by atoms with Gasteiger partial charge in [-0.15, -0.1) is 0 Å². The van der Waals surface area contributed by atoms with Crippen LogP contribution < -0.4 is 19.5 Å². The second kappa shape index (κ2) is 7.89. The van der Waals surface area contributed by atoms with Crippen LogP contribution in [0.3, 0.4) is 0 Å².